The maximum absolute atomic E-state index is 13.5. The Morgan fingerprint density at radius 1 is 1.28 bits per heavy atom. The van der Waals surface area contributed by atoms with Crippen molar-refractivity contribution < 1.29 is 27.2 Å². The molecule has 2 N–H and O–H groups in total. The Labute approximate surface area is 168 Å². The highest BCUT2D eigenvalue weighted by Crippen LogP contribution is 2.18. The summed E-state index contributed by atoms with van der Waals surface area (Å²) in [7, 11) is -3.72. The number of carbonyl (C=O) groups is 3. The van der Waals surface area contributed by atoms with Crippen molar-refractivity contribution in [1.82, 2.24) is 19.8 Å². The van der Waals surface area contributed by atoms with Crippen molar-refractivity contribution in [2.75, 3.05) is 32.4 Å². The van der Waals surface area contributed by atoms with Crippen molar-refractivity contribution in [1.29, 1.82) is 0 Å². The van der Waals surface area contributed by atoms with Crippen molar-refractivity contribution in [2.24, 2.45) is 0 Å². The zero-order valence-corrected chi connectivity index (χ0v) is 16.7. The molecule has 11 heteroatoms. The first-order chi connectivity index (χ1) is 13.7. The zero-order chi connectivity index (χ0) is 21.2. The van der Waals surface area contributed by atoms with E-state index >= 15 is 0 Å². The minimum atomic E-state index is -3.72. The van der Waals surface area contributed by atoms with Gasteiger partial charge in [-0.1, -0.05) is 6.07 Å². The number of piperidine rings is 1. The minimum absolute atomic E-state index is 0.0656. The highest BCUT2D eigenvalue weighted by Gasteiger charge is 2.40. The molecule has 0 aromatic heterocycles. The molecular weight excluding hydrogens is 403 g/mol. The molecule has 0 radical (unpaired) electrons. The Bertz CT molecular complexity index is 923. The maximum atomic E-state index is 13.5. The van der Waals surface area contributed by atoms with Crippen LogP contribution in [0.2, 0.25) is 0 Å². The van der Waals surface area contributed by atoms with E-state index in [-0.39, 0.29) is 31.1 Å². The number of hydrogen-bond acceptors (Lipinski definition) is 5. The third kappa shape index (κ3) is 4.91. The lowest BCUT2D eigenvalue weighted by Gasteiger charge is -2.39. The number of halogens is 1. The summed E-state index contributed by atoms with van der Waals surface area (Å²) in [6.07, 6.45) is 2.14. The molecule has 3 rings (SSSR count). The van der Waals surface area contributed by atoms with Crippen molar-refractivity contribution in [3.63, 3.8) is 0 Å². The molecule has 2 atom stereocenters. The van der Waals surface area contributed by atoms with Crippen LogP contribution in [-0.2, 0) is 19.6 Å². The summed E-state index contributed by atoms with van der Waals surface area (Å²) in [5, 5.41) is 5.24. The third-order valence-electron chi connectivity index (χ3n) is 5.02. The number of hydrogen-bond donors (Lipinski definition) is 2. The summed E-state index contributed by atoms with van der Waals surface area (Å²) >= 11 is 0. The second-order valence-electron chi connectivity index (χ2n) is 7.15. The Hall–Kier alpha value is -2.53. The molecule has 0 unspecified atom stereocenters. The van der Waals surface area contributed by atoms with Crippen molar-refractivity contribution in [3.05, 3.63) is 35.6 Å². The molecular formula is C18H23FN4O5S. The fraction of sp³-hybridized carbons (Fsp3) is 0.500. The van der Waals surface area contributed by atoms with Crippen LogP contribution in [0.3, 0.4) is 0 Å². The first kappa shape index (κ1) is 21.2. The SMILES string of the molecule is CS(=O)(=O)N1CCN(C(=O)c2cccc(F)c2)C[C@H]1C(=O)N[C@@H]1CCCNC1=O. The van der Waals surface area contributed by atoms with E-state index in [1.807, 2.05) is 0 Å². The van der Waals surface area contributed by atoms with E-state index in [0.717, 1.165) is 16.6 Å². The number of nitrogens with one attached hydrogen (secondary N) is 2. The summed E-state index contributed by atoms with van der Waals surface area (Å²) in [5.41, 5.74) is 0.114. The monoisotopic (exact) mass is 426 g/mol. The first-order valence-electron chi connectivity index (χ1n) is 9.26. The largest absolute Gasteiger partial charge is 0.354 e. The maximum Gasteiger partial charge on any atom is 0.254 e. The summed E-state index contributed by atoms with van der Waals surface area (Å²) in [6, 6.07) is 3.24. The molecule has 1 aromatic rings. The predicted molar refractivity (Wildman–Crippen MR) is 102 cm³/mol. The van der Waals surface area contributed by atoms with E-state index < -0.39 is 39.7 Å². The van der Waals surface area contributed by atoms with E-state index in [4.69, 9.17) is 0 Å². The average Bonchev–Trinajstić information content (AvgIpc) is 2.68. The summed E-state index contributed by atoms with van der Waals surface area (Å²) in [4.78, 5) is 38.8. The van der Waals surface area contributed by atoms with Crippen LogP contribution in [0.4, 0.5) is 4.39 Å². The molecule has 2 heterocycles. The zero-order valence-electron chi connectivity index (χ0n) is 15.9. The molecule has 158 valence electrons. The van der Waals surface area contributed by atoms with Crippen LogP contribution in [0.25, 0.3) is 0 Å². The Kier molecular flexibility index (Phi) is 6.18. The van der Waals surface area contributed by atoms with E-state index in [1.165, 1.54) is 23.1 Å². The molecule has 3 amide bonds. The number of nitrogens with zero attached hydrogens (tertiary/aromatic N) is 2. The molecule has 2 aliphatic rings. The Morgan fingerprint density at radius 2 is 2.03 bits per heavy atom. The standard InChI is InChI=1S/C18H23FN4O5S/c1-29(27,28)23-9-8-22(18(26)12-4-2-5-13(19)10-12)11-15(23)17(25)21-14-6-3-7-20-16(14)24/h2,4-5,10,14-15H,3,6-9,11H2,1H3,(H,20,24)(H,21,25)/t14-,15+/m1/s1. The number of sulfonamides is 1. The lowest BCUT2D eigenvalue weighted by molar-refractivity contribution is -0.132. The van der Waals surface area contributed by atoms with Crippen LogP contribution in [0, 0.1) is 5.82 Å². The highest BCUT2D eigenvalue weighted by molar-refractivity contribution is 7.88. The second kappa shape index (κ2) is 8.46. The van der Waals surface area contributed by atoms with Gasteiger partial charge in [-0.3, -0.25) is 14.4 Å². The van der Waals surface area contributed by atoms with Gasteiger partial charge < -0.3 is 15.5 Å². The second-order valence-corrected chi connectivity index (χ2v) is 9.08. The number of piperazine rings is 1. The van der Waals surface area contributed by atoms with Gasteiger partial charge in [0, 0.05) is 31.7 Å². The molecule has 2 fully saturated rings. The van der Waals surface area contributed by atoms with E-state index in [9.17, 15) is 27.2 Å². The Morgan fingerprint density at radius 3 is 2.69 bits per heavy atom. The van der Waals surface area contributed by atoms with Gasteiger partial charge >= 0.3 is 0 Å². The molecule has 2 saturated heterocycles. The lowest BCUT2D eigenvalue weighted by Crippen LogP contribution is -2.63. The molecule has 0 bridgehead atoms. The molecule has 29 heavy (non-hydrogen) atoms. The molecule has 0 aliphatic carbocycles. The Balaban J connectivity index is 1.79. The van der Waals surface area contributed by atoms with Crippen molar-refractivity contribution in [3.8, 4) is 0 Å². The number of carbonyl (C=O) groups excluding carboxylic acids is 3. The first-order valence-corrected chi connectivity index (χ1v) is 11.1. The van der Waals surface area contributed by atoms with Gasteiger partial charge in [0.2, 0.25) is 21.8 Å². The van der Waals surface area contributed by atoms with Gasteiger partial charge in [0.25, 0.3) is 5.91 Å². The minimum Gasteiger partial charge on any atom is -0.354 e. The highest BCUT2D eigenvalue weighted by atomic mass is 32.2. The summed E-state index contributed by atoms with van der Waals surface area (Å²) < 4.78 is 38.8. The van der Waals surface area contributed by atoms with Crippen LogP contribution >= 0.6 is 0 Å². The average molecular weight is 426 g/mol. The number of rotatable bonds is 4. The van der Waals surface area contributed by atoms with Crippen LogP contribution < -0.4 is 10.6 Å². The van der Waals surface area contributed by atoms with Crippen molar-refractivity contribution in [2.45, 2.75) is 24.9 Å². The van der Waals surface area contributed by atoms with Crippen LogP contribution in [-0.4, -0.2) is 79.9 Å². The number of benzene rings is 1. The van der Waals surface area contributed by atoms with Gasteiger partial charge in [-0.2, -0.15) is 4.31 Å². The molecule has 0 saturated carbocycles. The predicted octanol–water partition coefficient (Wildman–Crippen LogP) is -0.693. The topological polar surface area (TPSA) is 116 Å². The van der Waals surface area contributed by atoms with Crippen molar-refractivity contribution >= 4 is 27.7 Å². The molecule has 1 aromatic carbocycles. The fourth-order valence-electron chi connectivity index (χ4n) is 3.54. The lowest BCUT2D eigenvalue weighted by atomic mass is 10.1. The smallest absolute Gasteiger partial charge is 0.254 e. The third-order valence-corrected chi connectivity index (χ3v) is 6.31. The van der Waals surface area contributed by atoms with Gasteiger partial charge in [-0.05, 0) is 31.0 Å². The number of amides is 3. The molecule has 9 nitrogen and oxygen atoms in total. The van der Waals surface area contributed by atoms with Crippen LogP contribution in [0.15, 0.2) is 24.3 Å². The molecule has 2 aliphatic heterocycles. The van der Waals surface area contributed by atoms with E-state index in [2.05, 4.69) is 10.6 Å². The van der Waals surface area contributed by atoms with E-state index in [0.29, 0.717) is 19.4 Å². The quantitative estimate of drug-likeness (QED) is 0.661. The van der Waals surface area contributed by atoms with E-state index in [1.54, 1.807) is 0 Å². The van der Waals surface area contributed by atoms with Gasteiger partial charge in [0.05, 0.1) is 6.26 Å². The van der Waals surface area contributed by atoms with Crippen LogP contribution in [0.1, 0.15) is 23.2 Å². The summed E-state index contributed by atoms with van der Waals surface area (Å²) in [6.45, 7) is 0.327. The van der Waals surface area contributed by atoms with Crippen LogP contribution in [0.5, 0.6) is 0 Å². The fourth-order valence-corrected chi connectivity index (χ4v) is 4.58. The van der Waals surface area contributed by atoms with Gasteiger partial charge in [-0.25, -0.2) is 12.8 Å². The van der Waals surface area contributed by atoms with Gasteiger partial charge in [0.1, 0.15) is 17.9 Å². The summed E-state index contributed by atoms with van der Waals surface area (Å²) in [5.74, 6) is -2.03. The normalized spacial score (nSPS) is 23.4. The van der Waals surface area contributed by atoms with Gasteiger partial charge in [-0.15, -0.1) is 0 Å². The van der Waals surface area contributed by atoms with Gasteiger partial charge in [0.15, 0.2) is 0 Å². The molecule has 0 spiro atoms.